The van der Waals surface area contributed by atoms with Crippen LogP contribution in [0.1, 0.15) is 81.0 Å². The quantitative estimate of drug-likeness (QED) is 0.613. The van der Waals surface area contributed by atoms with Crippen molar-refractivity contribution in [2.24, 2.45) is 0 Å². The number of nitrogens with zero attached hydrogens (tertiary/aromatic N) is 2. The van der Waals surface area contributed by atoms with Crippen LogP contribution in [0, 0.1) is 0 Å². The van der Waals surface area contributed by atoms with E-state index in [0.717, 1.165) is 31.2 Å². The van der Waals surface area contributed by atoms with E-state index in [4.69, 9.17) is 0 Å². The van der Waals surface area contributed by atoms with Crippen molar-refractivity contribution in [2.45, 2.75) is 77.3 Å². The van der Waals surface area contributed by atoms with Gasteiger partial charge >= 0.3 is 0 Å². The molecule has 0 radical (unpaired) electrons. The number of carbonyl (C=O) groups excluding carboxylic acids is 2. The van der Waals surface area contributed by atoms with Gasteiger partial charge in [0.25, 0.3) is 0 Å². The summed E-state index contributed by atoms with van der Waals surface area (Å²) in [6, 6.07) is 11.1. The lowest BCUT2D eigenvalue weighted by Crippen LogP contribution is -2.47. The zero-order valence-corrected chi connectivity index (χ0v) is 20.0. The zero-order valence-electron chi connectivity index (χ0n) is 19.2. The maximum atomic E-state index is 13.5. The predicted molar refractivity (Wildman–Crippen MR) is 126 cm³/mol. The minimum Gasteiger partial charge on any atom is -0.330 e. The summed E-state index contributed by atoms with van der Waals surface area (Å²) >= 11 is 1.78. The number of hydrogen-bond acceptors (Lipinski definition) is 3. The van der Waals surface area contributed by atoms with Crippen molar-refractivity contribution < 1.29 is 9.59 Å². The third-order valence-corrected chi connectivity index (χ3v) is 7.45. The molecule has 1 fully saturated rings. The SMILES string of the molecule is CCCC(=O)N(CC(=O)N1CCc2sccc2C1c1ccc(C(C)(C)C)cc1)C1CC1. The Kier molecular flexibility index (Phi) is 6.25. The van der Waals surface area contributed by atoms with Crippen LogP contribution in [0.15, 0.2) is 35.7 Å². The molecule has 2 amide bonds. The monoisotopic (exact) mass is 438 g/mol. The van der Waals surface area contributed by atoms with Crippen LogP contribution >= 0.6 is 11.3 Å². The van der Waals surface area contributed by atoms with Crippen molar-refractivity contribution in [3.8, 4) is 0 Å². The van der Waals surface area contributed by atoms with E-state index in [1.165, 1.54) is 16.0 Å². The van der Waals surface area contributed by atoms with E-state index in [0.29, 0.717) is 13.0 Å². The van der Waals surface area contributed by atoms with Gasteiger partial charge < -0.3 is 9.80 Å². The van der Waals surface area contributed by atoms with Gasteiger partial charge in [0.15, 0.2) is 0 Å². The number of hydrogen-bond donors (Lipinski definition) is 0. The maximum Gasteiger partial charge on any atom is 0.243 e. The lowest BCUT2D eigenvalue weighted by atomic mass is 9.85. The standard InChI is InChI=1S/C26H34N2O2S/c1-5-6-23(29)28(20-11-12-20)17-24(30)27-15-13-22-21(14-16-31-22)25(27)18-7-9-19(10-8-18)26(2,3)4/h7-10,14,16,20,25H,5-6,11-13,15,17H2,1-4H3. The second kappa shape index (κ2) is 8.78. The first kappa shape index (κ1) is 22.1. The summed E-state index contributed by atoms with van der Waals surface area (Å²) in [4.78, 5) is 31.4. The molecule has 4 nitrogen and oxygen atoms in total. The Morgan fingerprint density at radius 2 is 1.84 bits per heavy atom. The Hall–Kier alpha value is -2.14. The minimum atomic E-state index is -0.0705. The topological polar surface area (TPSA) is 40.6 Å². The Balaban J connectivity index is 1.61. The van der Waals surface area contributed by atoms with Gasteiger partial charge in [-0.05, 0) is 59.2 Å². The fourth-order valence-corrected chi connectivity index (χ4v) is 5.41. The molecule has 31 heavy (non-hydrogen) atoms. The van der Waals surface area contributed by atoms with Crippen LogP contribution in [0.3, 0.4) is 0 Å². The van der Waals surface area contributed by atoms with Crippen molar-refractivity contribution in [3.63, 3.8) is 0 Å². The Labute approximate surface area is 190 Å². The van der Waals surface area contributed by atoms with E-state index in [-0.39, 0.29) is 35.9 Å². The molecule has 4 rings (SSSR count). The van der Waals surface area contributed by atoms with Crippen LogP contribution in [-0.4, -0.2) is 40.7 Å². The van der Waals surface area contributed by atoms with Crippen LogP contribution in [0.4, 0.5) is 0 Å². The molecule has 0 bridgehead atoms. The van der Waals surface area contributed by atoms with Gasteiger partial charge in [0.1, 0.15) is 6.54 Å². The molecule has 2 heterocycles. The molecule has 0 saturated heterocycles. The second-order valence-corrected chi connectivity index (χ2v) is 10.9. The van der Waals surface area contributed by atoms with Crippen LogP contribution in [0.2, 0.25) is 0 Å². The number of benzene rings is 1. The predicted octanol–water partition coefficient (Wildman–Crippen LogP) is 5.31. The number of rotatable bonds is 6. The van der Waals surface area contributed by atoms with Gasteiger partial charge in [-0.1, -0.05) is 52.0 Å². The van der Waals surface area contributed by atoms with Crippen molar-refractivity contribution in [3.05, 3.63) is 57.3 Å². The van der Waals surface area contributed by atoms with Crippen molar-refractivity contribution >= 4 is 23.2 Å². The summed E-state index contributed by atoms with van der Waals surface area (Å²) in [6.45, 7) is 9.59. The largest absolute Gasteiger partial charge is 0.330 e. The summed E-state index contributed by atoms with van der Waals surface area (Å²) in [7, 11) is 0. The van der Waals surface area contributed by atoms with Crippen LogP contribution in [0.25, 0.3) is 0 Å². The molecule has 0 N–H and O–H groups in total. The van der Waals surface area contributed by atoms with Gasteiger partial charge in [-0.25, -0.2) is 0 Å². The summed E-state index contributed by atoms with van der Waals surface area (Å²) < 4.78 is 0. The molecule has 166 valence electrons. The third-order valence-electron chi connectivity index (χ3n) is 6.46. The van der Waals surface area contributed by atoms with Gasteiger partial charge in [0.05, 0.1) is 6.04 Å². The van der Waals surface area contributed by atoms with Crippen LogP contribution < -0.4 is 0 Å². The molecule has 1 unspecified atom stereocenters. The molecule has 2 aromatic rings. The van der Waals surface area contributed by atoms with Gasteiger partial charge in [-0.2, -0.15) is 0 Å². The lowest BCUT2D eigenvalue weighted by Gasteiger charge is -2.38. The highest BCUT2D eigenvalue weighted by molar-refractivity contribution is 7.10. The maximum absolute atomic E-state index is 13.5. The van der Waals surface area contributed by atoms with Gasteiger partial charge in [-0.15, -0.1) is 11.3 Å². The summed E-state index contributed by atoms with van der Waals surface area (Å²) in [5.74, 6) is 0.191. The van der Waals surface area contributed by atoms with Crippen molar-refractivity contribution in [1.29, 1.82) is 0 Å². The minimum absolute atomic E-state index is 0.0677. The van der Waals surface area contributed by atoms with Gasteiger partial charge in [-0.3, -0.25) is 9.59 Å². The van der Waals surface area contributed by atoms with E-state index in [9.17, 15) is 9.59 Å². The fraction of sp³-hybridized carbons (Fsp3) is 0.538. The lowest BCUT2D eigenvalue weighted by molar-refractivity contribution is -0.142. The highest BCUT2D eigenvalue weighted by Crippen LogP contribution is 2.39. The smallest absolute Gasteiger partial charge is 0.243 e. The Bertz CT molecular complexity index is 937. The highest BCUT2D eigenvalue weighted by Gasteiger charge is 2.37. The molecule has 1 aromatic heterocycles. The Morgan fingerprint density at radius 3 is 2.45 bits per heavy atom. The van der Waals surface area contributed by atoms with Crippen molar-refractivity contribution in [1.82, 2.24) is 9.80 Å². The molecule has 5 heteroatoms. The number of thiophene rings is 1. The average Bonchev–Trinajstić information content (AvgIpc) is 3.46. The molecule has 1 aromatic carbocycles. The summed E-state index contributed by atoms with van der Waals surface area (Å²) in [5, 5.41) is 2.14. The van der Waals surface area contributed by atoms with E-state index in [1.807, 2.05) is 16.7 Å². The third kappa shape index (κ3) is 4.72. The number of fused-ring (bicyclic) bond motifs is 1. The molecule has 1 aliphatic carbocycles. The van der Waals surface area contributed by atoms with E-state index in [2.05, 4.69) is 56.5 Å². The molecule has 1 atom stereocenters. The first-order valence-electron chi connectivity index (χ1n) is 11.5. The van der Waals surface area contributed by atoms with E-state index < -0.39 is 0 Å². The van der Waals surface area contributed by atoms with Gasteiger partial charge in [0, 0.05) is 23.9 Å². The molecule has 2 aliphatic rings. The summed E-state index contributed by atoms with van der Waals surface area (Å²) in [6.07, 6.45) is 4.28. The summed E-state index contributed by atoms with van der Waals surface area (Å²) in [5.41, 5.74) is 3.78. The Morgan fingerprint density at radius 1 is 1.13 bits per heavy atom. The number of amides is 2. The van der Waals surface area contributed by atoms with Crippen LogP contribution in [0.5, 0.6) is 0 Å². The molecule has 1 aliphatic heterocycles. The first-order valence-corrected chi connectivity index (χ1v) is 12.4. The van der Waals surface area contributed by atoms with Crippen LogP contribution in [-0.2, 0) is 21.4 Å². The normalized spacial score (nSPS) is 18.6. The number of carbonyl (C=O) groups is 2. The molecular formula is C26H34N2O2S. The highest BCUT2D eigenvalue weighted by atomic mass is 32.1. The first-order chi connectivity index (χ1) is 14.8. The van der Waals surface area contributed by atoms with E-state index in [1.54, 1.807) is 11.3 Å². The zero-order chi connectivity index (χ0) is 22.2. The fourth-order valence-electron chi connectivity index (χ4n) is 4.51. The van der Waals surface area contributed by atoms with Gasteiger partial charge in [0.2, 0.25) is 11.8 Å². The molecule has 0 spiro atoms. The van der Waals surface area contributed by atoms with Crippen molar-refractivity contribution in [2.75, 3.05) is 13.1 Å². The van der Waals surface area contributed by atoms with E-state index >= 15 is 0 Å². The molecule has 1 saturated carbocycles. The molecular weight excluding hydrogens is 404 g/mol. The second-order valence-electron chi connectivity index (χ2n) is 9.91. The average molecular weight is 439 g/mol.